The van der Waals surface area contributed by atoms with E-state index in [1.165, 1.54) is 0 Å². The van der Waals surface area contributed by atoms with Crippen LogP contribution in [0.4, 0.5) is 0 Å². The van der Waals surface area contributed by atoms with Crippen LogP contribution in [0.1, 0.15) is 33.1 Å². The summed E-state index contributed by atoms with van der Waals surface area (Å²) in [6.07, 6.45) is 2.87. The molecule has 0 aromatic rings. The van der Waals surface area contributed by atoms with E-state index in [0.717, 1.165) is 19.3 Å². The molecule has 0 aromatic heterocycles. The standard InChI is InChI=1S/C10H18O3/c1-3-5-8-6-7-13-9(8)10(11)12-4-2/h8-9H,3-7H2,1-2H3. The molecule has 1 fully saturated rings. The quantitative estimate of drug-likeness (QED) is 0.627. The second-order valence-corrected chi connectivity index (χ2v) is 3.38. The van der Waals surface area contributed by atoms with Crippen molar-refractivity contribution in [2.24, 2.45) is 5.92 Å². The number of hydrogen-bond donors (Lipinski definition) is 0. The topological polar surface area (TPSA) is 35.5 Å². The van der Waals surface area contributed by atoms with E-state index in [1.807, 2.05) is 6.92 Å². The molecule has 1 saturated heterocycles. The highest BCUT2D eigenvalue weighted by molar-refractivity contribution is 5.75. The van der Waals surface area contributed by atoms with Crippen LogP contribution < -0.4 is 0 Å². The molecule has 0 saturated carbocycles. The van der Waals surface area contributed by atoms with E-state index in [9.17, 15) is 4.79 Å². The maximum atomic E-state index is 11.4. The molecule has 13 heavy (non-hydrogen) atoms. The first-order valence-corrected chi connectivity index (χ1v) is 5.07. The van der Waals surface area contributed by atoms with Gasteiger partial charge in [-0.1, -0.05) is 13.3 Å². The van der Waals surface area contributed by atoms with Crippen LogP contribution >= 0.6 is 0 Å². The van der Waals surface area contributed by atoms with Gasteiger partial charge in [0.2, 0.25) is 0 Å². The smallest absolute Gasteiger partial charge is 0.335 e. The van der Waals surface area contributed by atoms with Gasteiger partial charge in [0.25, 0.3) is 0 Å². The molecule has 1 heterocycles. The molecule has 1 rings (SSSR count). The molecule has 2 atom stereocenters. The summed E-state index contributed by atoms with van der Waals surface area (Å²) in [5, 5.41) is 0. The highest BCUT2D eigenvalue weighted by Crippen LogP contribution is 2.26. The van der Waals surface area contributed by atoms with Crippen molar-refractivity contribution in [3.63, 3.8) is 0 Å². The van der Waals surface area contributed by atoms with Crippen LogP contribution in [0.3, 0.4) is 0 Å². The van der Waals surface area contributed by atoms with E-state index in [4.69, 9.17) is 9.47 Å². The van der Waals surface area contributed by atoms with Crippen molar-refractivity contribution in [3.05, 3.63) is 0 Å². The van der Waals surface area contributed by atoms with E-state index in [1.54, 1.807) is 0 Å². The summed E-state index contributed by atoms with van der Waals surface area (Å²) in [4.78, 5) is 11.4. The highest BCUT2D eigenvalue weighted by atomic mass is 16.6. The molecular weight excluding hydrogens is 168 g/mol. The Bertz CT molecular complexity index is 168. The van der Waals surface area contributed by atoms with Gasteiger partial charge in [-0.25, -0.2) is 4.79 Å². The minimum absolute atomic E-state index is 0.182. The first-order valence-electron chi connectivity index (χ1n) is 5.07. The van der Waals surface area contributed by atoms with Crippen LogP contribution in [0.2, 0.25) is 0 Å². The van der Waals surface area contributed by atoms with E-state index in [-0.39, 0.29) is 12.1 Å². The Labute approximate surface area is 79.4 Å². The summed E-state index contributed by atoms with van der Waals surface area (Å²) in [5.41, 5.74) is 0. The van der Waals surface area contributed by atoms with E-state index in [0.29, 0.717) is 19.1 Å². The molecule has 3 heteroatoms. The van der Waals surface area contributed by atoms with Crippen LogP contribution in [0.5, 0.6) is 0 Å². The zero-order valence-electron chi connectivity index (χ0n) is 8.41. The van der Waals surface area contributed by atoms with Crippen molar-refractivity contribution < 1.29 is 14.3 Å². The lowest BCUT2D eigenvalue weighted by Crippen LogP contribution is -2.28. The second-order valence-electron chi connectivity index (χ2n) is 3.38. The molecule has 0 amide bonds. The molecule has 3 nitrogen and oxygen atoms in total. The van der Waals surface area contributed by atoms with Crippen molar-refractivity contribution in [2.75, 3.05) is 13.2 Å². The van der Waals surface area contributed by atoms with Gasteiger partial charge >= 0.3 is 5.97 Å². The Morgan fingerprint density at radius 1 is 1.54 bits per heavy atom. The Morgan fingerprint density at radius 3 is 2.92 bits per heavy atom. The lowest BCUT2D eigenvalue weighted by molar-refractivity contribution is -0.155. The Balaban J connectivity index is 2.42. The third-order valence-electron chi connectivity index (χ3n) is 2.39. The van der Waals surface area contributed by atoms with Gasteiger partial charge in [0.15, 0.2) is 6.10 Å². The maximum absolute atomic E-state index is 11.4. The third-order valence-corrected chi connectivity index (χ3v) is 2.39. The summed E-state index contributed by atoms with van der Waals surface area (Å²) >= 11 is 0. The monoisotopic (exact) mass is 186 g/mol. The van der Waals surface area contributed by atoms with Crippen LogP contribution in [-0.2, 0) is 14.3 Å². The fourth-order valence-corrected chi connectivity index (χ4v) is 1.79. The minimum Gasteiger partial charge on any atom is -0.464 e. The Kier molecular flexibility index (Phi) is 4.22. The molecule has 0 aliphatic carbocycles. The maximum Gasteiger partial charge on any atom is 0.335 e. The van der Waals surface area contributed by atoms with Crippen molar-refractivity contribution in [2.45, 2.75) is 39.2 Å². The van der Waals surface area contributed by atoms with Crippen molar-refractivity contribution in [1.82, 2.24) is 0 Å². The van der Waals surface area contributed by atoms with E-state index >= 15 is 0 Å². The molecule has 0 radical (unpaired) electrons. The molecule has 2 unspecified atom stereocenters. The summed E-state index contributed by atoms with van der Waals surface area (Å²) in [6, 6.07) is 0. The summed E-state index contributed by atoms with van der Waals surface area (Å²) < 4.78 is 10.3. The average Bonchev–Trinajstić information content (AvgIpc) is 2.54. The number of carbonyl (C=O) groups is 1. The molecular formula is C10H18O3. The van der Waals surface area contributed by atoms with Gasteiger partial charge in [0.05, 0.1) is 6.61 Å². The van der Waals surface area contributed by atoms with Crippen LogP contribution in [0.25, 0.3) is 0 Å². The van der Waals surface area contributed by atoms with Gasteiger partial charge in [-0.2, -0.15) is 0 Å². The molecule has 0 spiro atoms. The number of rotatable bonds is 4. The SMILES string of the molecule is CCCC1CCOC1C(=O)OCC. The molecule has 1 aliphatic heterocycles. The minimum atomic E-state index is -0.292. The van der Waals surface area contributed by atoms with Gasteiger partial charge < -0.3 is 9.47 Å². The highest BCUT2D eigenvalue weighted by Gasteiger charge is 2.34. The van der Waals surface area contributed by atoms with E-state index in [2.05, 4.69) is 6.92 Å². The lowest BCUT2D eigenvalue weighted by Gasteiger charge is -2.15. The van der Waals surface area contributed by atoms with E-state index < -0.39 is 0 Å². The number of carbonyl (C=O) groups excluding carboxylic acids is 1. The van der Waals surface area contributed by atoms with Crippen LogP contribution in [0, 0.1) is 5.92 Å². The zero-order chi connectivity index (χ0) is 9.68. The van der Waals surface area contributed by atoms with Gasteiger partial charge in [0, 0.05) is 6.61 Å². The Morgan fingerprint density at radius 2 is 2.31 bits per heavy atom. The fourth-order valence-electron chi connectivity index (χ4n) is 1.79. The third kappa shape index (κ3) is 2.69. The Hall–Kier alpha value is -0.570. The van der Waals surface area contributed by atoms with Crippen LogP contribution in [0.15, 0.2) is 0 Å². The predicted octanol–water partition coefficient (Wildman–Crippen LogP) is 1.75. The number of ether oxygens (including phenoxy) is 2. The van der Waals surface area contributed by atoms with Gasteiger partial charge in [0.1, 0.15) is 0 Å². The zero-order valence-corrected chi connectivity index (χ0v) is 8.41. The summed E-state index contributed by atoms with van der Waals surface area (Å²) in [7, 11) is 0. The molecule has 0 bridgehead atoms. The van der Waals surface area contributed by atoms with Crippen molar-refractivity contribution in [3.8, 4) is 0 Å². The first kappa shape index (κ1) is 10.5. The molecule has 76 valence electrons. The van der Waals surface area contributed by atoms with Crippen molar-refractivity contribution >= 4 is 5.97 Å². The number of hydrogen-bond acceptors (Lipinski definition) is 3. The largest absolute Gasteiger partial charge is 0.464 e. The van der Waals surface area contributed by atoms with Gasteiger partial charge in [-0.05, 0) is 25.7 Å². The molecule has 1 aliphatic rings. The van der Waals surface area contributed by atoms with Gasteiger partial charge in [-0.3, -0.25) is 0 Å². The second kappa shape index (κ2) is 5.22. The summed E-state index contributed by atoms with van der Waals surface area (Å²) in [5.74, 6) is 0.197. The lowest BCUT2D eigenvalue weighted by atomic mass is 9.96. The normalized spacial score (nSPS) is 27.5. The molecule has 0 aromatic carbocycles. The van der Waals surface area contributed by atoms with Crippen LogP contribution in [-0.4, -0.2) is 25.3 Å². The first-order chi connectivity index (χ1) is 6.29. The predicted molar refractivity (Wildman–Crippen MR) is 49.4 cm³/mol. The fraction of sp³-hybridized carbons (Fsp3) is 0.900. The summed E-state index contributed by atoms with van der Waals surface area (Å²) in [6.45, 7) is 5.09. The molecule has 0 N–H and O–H groups in total. The van der Waals surface area contributed by atoms with Gasteiger partial charge in [-0.15, -0.1) is 0 Å². The number of esters is 1. The van der Waals surface area contributed by atoms with Crippen molar-refractivity contribution in [1.29, 1.82) is 0 Å². The average molecular weight is 186 g/mol.